The highest BCUT2D eigenvalue weighted by atomic mass is 14.9. The van der Waals surface area contributed by atoms with Crippen LogP contribution in [-0.4, -0.2) is 17.6 Å². The van der Waals surface area contributed by atoms with Crippen LogP contribution in [0.15, 0.2) is 24.5 Å². The number of nitrogens with zero attached hydrogens (tertiary/aromatic N) is 1. The van der Waals surface area contributed by atoms with Gasteiger partial charge in [0, 0.05) is 18.4 Å². The number of hydrogen-bond acceptors (Lipinski definition) is 2. The maximum Gasteiger partial charge on any atom is 0.0270 e. The van der Waals surface area contributed by atoms with Gasteiger partial charge in [-0.05, 0) is 48.9 Å². The quantitative estimate of drug-likeness (QED) is 0.795. The first-order valence-electron chi connectivity index (χ1n) is 5.93. The zero-order valence-electron chi connectivity index (χ0n) is 9.61. The molecule has 0 spiro atoms. The molecule has 0 radical (unpaired) electrons. The Bertz CT molecular complexity index is 297. The van der Waals surface area contributed by atoms with E-state index in [2.05, 4.69) is 36.3 Å². The fourth-order valence-corrected chi connectivity index (χ4v) is 2.32. The average molecular weight is 204 g/mol. The van der Waals surface area contributed by atoms with Crippen LogP contribution in [0.5, 0.6) is 0 Å². The van der Waals surface area contributed by atoms with E-state index in [0.717, 1.165) is 24.8 Å². The largest absolute Gasteiger partial charge is 0.314 e. The van der Waals surface area contributed by atoms with Crippen LogP contribution in [0.2, 0.25) is 0 Å². The van der Waals surface area contributed by atoms with Crippen molar-refractivity contribution in [2.75, 3.05) is 6.54 Å². The molecular formula is C13H20N2. The molecule has 15 heavy (non-hydrogen) atoms. The van der Waals surface area contributed by atoms with E-state index in [1.807, 2.05) is 12.4 Å². The zero-order valence-corrected chi connectivity index (χ0v) is 9.61. The fourth-order valence-electron chi connectivity index (χ4n) is 2.32. The fraction of sp³-hybridized carbons (Fsp3) is 0.615. The third kappa shape index (κ3) is 2.78. The molecule has 1 aromatic heterocycles. The smallest absolute Gasteiger partial charge is 0.0270 e. The van der Waals surface area contributed by atoms with E-state index in [1.54, 1.807) is 0 Å². The highest BCUT2D eigenvalue weighted by molar-refractivity contribution is 5.13. The van der Waals surface area contributed by atoms with Gasteiger partial charge in [-0.25, -0.2) is 0 Å². The van der Waals surface area contributed by atoms with Crippen molar-refractivity contribution in [2.24, 2.45) is 11.8 Å². The molecule has 1 heterocycles. The first-order valence-corrected chi connectivity index (χ1v) is 5.93. The maximum atomic E-state index is 4.05. The van der Waals surface area contributed by atoms with Crippen molar-refractivity contribution < 1.29 is 0 Å². The van der Waals surface area contributed by atoms with Crippen LogP contribution in [0.25, 0.3) is 0 Å². The molecule has 0 saturated heterocycles. The molecule has 1 aliphatic rings. The molecule has 1 saturated carbocycles. The van der Waals surface area contributed by atoms with Gasteiger partial charge in [-0.1, -0.05) is 13.8 Å². The van der Waals surface area contributed by atoms with Crippen LogP contribution in [0, 0.1) is 11.8 Å². The number of pyridine rings is 1. The topological polar surface area (TPSA) is 24.9 Å². The van der Waals surface area contributed by atoms with Gasteiger partial charge in [-0.2, -0.15) is 0 Å². The minimum atomic E-state index is 0.660. The van der Waals surface area contributed by atoms with E-state index < -0.39 is 0 Å². The maximum absolute atomic E-state index is 4.05. The number of nitrogens with one attached hydrogen (secondary N) is 1. The van der Waals surface area contributed by atoms with Crippen LogP contribution in [-0.2, 0) is 6.42 Å². The summed E-state index contributed by atoms with van der Waals surface area (Å²) in [4.78, 5) is 4.05. The summed E-state index contributed by atoms with van der Waals surface area (Å²) in [6.07, 6.45) is 6.30. The van der Waals surface area contributed by atoms with Crippen LogP contribution in [0.3, 0.4) is 0 Å². The van der Waals surface area contributed by atoms with Crippen LogP contribution in [0.4, 0.5) is 0 Å². The average Bonchev–Trinajstić information content (AvgIpc) is 2.97. The summed E-state index contributed by atoms with van der Waals surface area (Å²) in [7, 11) is 0. The van der Waals surface area contributed by atoms with Gasteiger partial charge in [0.15, 0.2) is 0 Å². The SMILES string of the molecule is CCNC(Cc1ccncc1)C1CC1C. The van der Waals surface area contributed by atoms with E-state index in [0.29, 0.717) is 6.04 Å². The molecule has 1 aromatic rings. The Morgan fingerprint density at radius 1 is 1.47 bits per heavy atom. The van der Waals surface area contributed by atoms with Crippen LogP contribution >= 0.6 is 0 Å². The molecule has 0 amide bonds. The second-order valence-electron chi connectivity index (χ2n) is 4.60. The lowest BCUT2D eigenvalue weighted by molar-refractivity contribution is 0.454. The Labute approximate surface area is 92.1 Å². The molecule has 2 rings (SSSR count). The number of hydrogen-bond donors (Lipinski definition) is 1. The van der Waals surface area contributed by atoms with Gasteiger partial charge in [0.1, 0.15) is 0 Å². The summed E-state index contributed by atoms with van der Waals surface area (Å²) in [6.45, 7) is 5.60. The number of aromatic nitrogens is 1. The Balaban J connectivity index is 1.95. The Hall–Kier alpha value is -0.890. The second kappa shape index (κ2) is 4.75. The molecule has 1 N–H and O–H groups in total. The lowest BCUT2D eigenvalue weighted by Gasteiger charge is -2.17. The predicted molar refractivity (Wildman–Crippen MR) is 62.7 cm³/mol. The van der Waals surface area contributed by atoms with Crippen molar-refractivity contribution in [2.45, 2.75) is 32.7 Å². The summed E-state index contributed by atoms with van der Waals surface area (Å²) >= 11 is 0. The molecule has 82 valence electrons. The van der Waals surface area contributed by atoms with E-state index >= 15 is 0 Å². The highest BCUT2D eigenvalue weighted by Crippen LogP contribution is 2.41. The van der Waals surface area contributed by atoms with Crippen LogP contribution in [0.1, 0.15) is 25.8 Å². The molecular weight excluding hydrogens is 184 g/mol. The minimum absolute atomic E-state index is 0.660. The van der Waals surface area contributed by atoms with Crippen LogP contribution < -0.4 is 5.32 Å². The van der Waals surface area contributed by atoms with Gasteiger partial charge < -0.3 is 5.32 Å². The molecule has 1 aliphatic carbocycles. The first kappa shape index (κ1) is 10.6. The van der Waals surface area contributed by atoms with Crippen molar-refractivity contribution >= 4 is 0 Å². The molecule has 2 nitrogen and oxygen atoms in total. The number of rotatable bonds is 5. The van der Waals surface area contributed by atoms with E-state index in [9.17, 15) is 0 Å². The second-order valence-corrected chi connectivity index (χ2v) is 4.60. The monoisotopic (exact) mass is 204 g/mol. The Kier molecular flexibility index (Phi) is 3.37. The van der Waals surface area contributed by atoms with Crippen molar-refractivity contribution in [3.05, 3.63) is 30.1 Å². The van der Waals surface area contributed by atoms with Gasteiger partial charge >= 0.3 is 0 Å². The van der Waals surface area contributed by atoms with Gasteiger partial charge in [0.2, 0.25) is 0 Å². The van der Waals surface area contributed by atoms with Gasteiger partial charge in [0.05, 0.1) is 0 Å². The van der Waals surface area contributed by atoms with Crippen molar-refractivity contribution in [1.29, 1.82) is 0 Å². The molecule has 0 aromatic carbocycles. The van der Waals surface area contributed by atoms with Gasteiger partial charge in [-0.3, -0.25) is 4.98 Å². The lowest BCUT2D eigenvalue weighted by atomic mass is 10.0. The number of likely N-dealkylation sites (N-methyl/N-ethyl adjacent to an activating group) is 1. The zero-order chi connectivity index (χ0) is 10.7. The summed E-state index contributed by atoms with van der Waals surface area (Å²) < 4.78 is 0. The van der Waals surface area contributed by atoms with Gasteiger partial charge in [0.25, 0.3) is 0 Å². The molecule has 0 bridgehead atoms. The van der Waals surface area contributed by atoms with E-state index in [-0.39, 0.29) is 0 Å². The highest BCUT2D eigenvalue weighted by Gasteiger charge is 2.38. The van der Waals surface area contributed by atoms with E-state index in [1.165, 1.54) is 12.0 Å². The summed E-state index contributed by atoms with van der Waals surface area (Å²) in [6, 6.07) is 4.90. The summed E-state index contributed by atoms with van der Waals surface area (Å²) in [5.41, 5.74) is 1.40. The van der Waals surface area contributed by atoms with Crippen molar-refractivity contribution in [3.63, 3.8) is 0 Å². The standard InChI is InChI=1S/C13H20N2/c1-3-15-13(12-8-10(12)2)9-11-4-6-14-7-5-11/h4-7,10,12-13,15H,3,8-9H2,1-2H3. The summed E-state index contributed by atoms with van der Waals surface area (Å²) in [5, 5.41) is 3.60. The molecule has 0 aliphatic heterocycles. The van der Waals surface area contributed by atoms with Crippen molar-refractivity contribution in [3.8, 4) is 0 Å². The lowest BCUT2D eigenvalue weighted by Crippen LogP contribution is -2.33. The molecule has 3 atom stereocenters. The minimum Gasteiger partial charge on any atom is -0.314 e. The van der Waals surface area contributed by atoms with E-state index in [4.69, 9.17) is 0 Å². The molecule has 2 heteroatoms. The third-order valence-electron chi connectivity index (χ3n) is 3.36. The Morgan fingerprint density at radius 3 is 2.67 bits per heavy atom. The predicted octanol–water partition coefficient (Wildman–Crippen LogP) is 2.26. The van der Waals surface area contributed by atoms with Gasteiger partial charge in [-0.15, -0.1) is 0 Å². The normalized spacial score (nSPS) is 26.3. The van der Waals surface area contributed by atoms with Crippen molar-refractivity contribution in [1.82, 2.24) is 10.3 Å². The first-order chi connectivity index (χ1) is 7.31. The Morgan fingerprint density at radius 2 is 2.13 bits per heavy atom. The third-order valence-corrected chi connectivity index (χ3v) is 3.36. The summed E-state index contributed by atoms with van der Waals surface area (Å²) in [5.74, 6) is 1.80. The molecule has 1 fully saturated rings. The molecule has 3 unspecified atom stereocenters.